The monoisotopic (exact) mass is 1040 g/mol. The normalized spacial score (nSPS) is 13.6. The number of aliphatic hydroxyl groups is 1. The van der Waals surface area contributed by atoms with E-state index in [2.05, 4.69) is 54.6 Å². The largest absolute Gasteiger partial charge is 0.462 e. The zero-order chi connectivity index (χ0) is 43.6. The van der Waals surface area contributed by atoms with E-state index in [1.807, 2.05) is 47.9 Å². The number of ether oxygens (including phenoxy) is 2. The van der Waals surface area contributed by atoms with E-state index in [1.54, 1.807) is 41.0 Å². The number of fused-ring (bicyclic) bond motifs is 2. The van der Waals surface area contributed by atoms with Gasteiger partial charge in [0.05, 0.1) is 49.5 Å². The van der Waals surface area contributed by atoms with Crippen LogP contribution in [0.1, 0.15) is 109 Å². The number of carbonyl (C=O) groups is 2. The van der Waals surface area contributed by atoms with Gasteiger partial charge >= 0.3 is 11.9 Å². The van der Waals surface area contributed by atoms with Gasteiger partial charge < -0.3 is 28.1 Å². The first-order chi connectivity index (χ1) is 26.1. The highest BCUT2D eigenvalue weighted by Crippen LogP contribution is 2.40. The maximum absolute atomic E-state index is 14.6. The minimum Gasteiger partial charge on any atom is -0.462 e. The summed E-state index contributed by atoms with van der Waals surface area (Å²) < 4.78 is 49.4. The zero-order valence-corrected chi connectivity index (χ0v) is 40.5. The molecule has 2 aromatic heterocycles. The van der Waals surface area contributed by atoms with Gasteiger partial charge in [-0.3, -0.25) is 9.59 Å². The molecule has 2 unspecified atom stereocenters. The molecule has 0 spiro atoms. The van der Waals surface area contributed by atoms with Gasteiger partial charge in [0.15, 0.2) is 8.32 Å². The van der Waals surface area contributed by atoms with Gasteiger partial charge in [-0.05, 0) is 112 Å². The lowest BCUT2D eigenvalue weighted by atomic mass is 9.86. The number of benzene rings is 2. The van der Waals surface area contributed by atoms with Crippen molar-refractivity contribution in [3.05, 3.63) is 87.0 Å². The van der Waals surface area contributed by atoms with Crippen molar-refractivity contribution >= 4 is 87.2 Å². The number of esters is 2. The second-order valence-corrected chi connectivity index (χ2v) is 24.7. The van der Waals surface area contributed by atoms with E-state index in [4.69, 9.17) is 13.9 Å². The number of aliphatic hydroxyl groups excluding tert-OH is 1. The summed E-state index contributed by atoms with van der Waals surface area (Å²) in [4.78, 5) is 50.6. The van der Waals surface area contributed by atoms with Crippen molar-refractivity contribution in [2.24, 2.45) is 10.8 Å². The van der Waals surface area contributed by atoms with Gasteiger partial charge in [0, 0.05) is 30.3 Å². The van der Waals surface area contributed by atoms with Gasteiger partial charge in [0.1, 0.15) is 22.8 Å². The molecule has 1 N–H and O–H groups in total. The van der Waals surface area contributed by atoms with E-state index >= 15 is 0 Å². The lowest BCUT2D eigenvalue weighted by Gasteiger charge is -2.40. The van der Waals surface area contributed by atoms with Gasteiger partial charge in [-0.1, -0.05) is 62.3 Å². The molecular weight excluding hydrogens is 980 g/mol. The van der Waals surface area contributed by atoms with Crippen molar-refractivity contribution in [1.29, 1.82) is 0 Å². The number of nitrogens with zero attached hydrogens (tertiary/aromatic N) is 2. The fraction of sp³-hybridized carbons (Fsp3) is 0.524. The SMILES string of the molecule is CCOC(=O)c1cn(C(CO)C(C)(C)C)c2cc(F)c(I)cc2c1=O.CCOC(=O)c1cn(C(CO[Si](C)(C)C(C)(C)C)C(C)(C)C)c2cc(F)c(I)cc2c1=O. The van der Waals surface area contributed by atoms with E-state index < -0.39 is 48.8 Å². The molecule has 0 fully saturated rings. The third-order valence-electron chi connectivity index (χ3n) is 10.4. The zero-order valence-electron chi connectivity index (χ0n) is 35.2. The summed E-state index contributed by atoms with van der Waals surface area (Å²) in [5.41, 5.74) is -1.04. The molecule has 4 rings (SSSR count). The second kappa shape index (κ2) is 18.7. The number of aromatic nitrogens is 2. The number of hydrogen-bond donors (Lipinski definition) is 1. The molecule has 0 aliphatic heterocycles. The number of carbonyl (C=O) groups excluding carboxylic acids is 2. The molecule has 0 amide bonds. The van der Waals surface area contributed by atoms with Gasteiger partial charge in [-0.2, -0.15) is 0 Å². The molecule has 0 saturated heterocycles. The minimum absolute atomic E-state index is 0.0271. The molecule has 0 aliphatic carbocycles. The summed E-state index contributed by atoms with van der Waals surface area (Å²) in [6, 6.07) is 4.86. The van der Waals surface area contributed by atoms with Crippen LogP contribution in [-0.2, 0) is 13.9 Å². The van der Waals surface area contributed by atoms with Crippen LogP contribution in [0.3, 0.4) is 0 Å². The van der Waals surface area contributed by atoms with E-state index in [0.717, 1.165) is 0 Å². The molecule has 4 aromatic rings. The maximum Gasteiger partial charge on any atom is 0.343 e. The summed E-state index contributed by atoms with van der Waals surface area (Å²) >= 11 is 3.66. The van der Waals surface area contributed by atoms with Gasteiger partial charge in [0.2, 0.25) is 10.9 Å². The highest BCUT2D eigenvalue weighted by Gasteiger charge is 2.39. The second-order valence-electron chi connectivity index (χ2n) is 17.6. The number of pyridine rings is 2. The Labute approximate surface area is 362 Å². The molecule has 0 saturated carbocycles. The molecule has 10 nitrogen and oxygen atoms in total. The summed E-state index contributed by atoms with van der Waals surface area (Å²) in [5.74, 6) is -2.28. The van der Waals surface area contributed by atoms with Crippen LogP contribution in [0.2, 0.25) is 18.1 Å². The Morgan fingerprint density at radius 1 is 0.719 bits per heavy atom. The quantitative estimate of drug-likeness (QED) is 0.0946. The highest BCUT2D eigenvalue weighted by molar-refractivity contribution is 14.1. The third kappa shape index (κ3) is 11.1. The molecule has 0 bridgehead atoms. The Morgan fingerprint density at radius 3 is 1.40 bits per heavy atom. The van der Waals surface area contributed by atoms with Gasteiger partial charge in [-0.15, -0.1) is 0 Å². The fourth-order valence-corrected chi connectivity index (χ4v) is 7.88. The lowest BCUT2D eigenvalue weighted by Crippen LogP contribution is -2.43. The lowest BCUT2D eigenvalue weighted by molar-refractivity contribution is 0.0513. The van der Waals surface area contributed by atoms with Crippen molar-refractivity contribution in [2.45, 2.75) is 106 Å². The van der Waals surface area contributed by atoms with Crippen LogP contribution in [0.5, 0.6) is 0 Å². The maximum atomic E-state index is 14.6. The van der Waals surface area contributed by atoms with Gasteiger partial charge in [0.25, 0.3) is 0 Å². The molecule has 57 heavy (non-hydrogen) atoms. The summed E-state index contributed by atoms with van der Waals surface area (Å²) in [6.07, 6.45) is 2.88. The minimum atomic E-state index is -2.07. The van der Waals surface area contributed by atoms with Crippen LogP contribution >= 0.6 is 45.2 Å². The number of halogens is 4. The first-order valence-corrected chi connectivity index (χ1v) is 23.9. The first kappa shape index (κ1) is 48.6. The van der Waals surface area contributed by atoms with E-state index in [-0.39, 0.29) is 61.8 Å². The van der Waals surface area contributed by atoms with Crippen LogP contribution in [0, 0.1) is 29.6 Å². The number of hydrogen-bond acceptors (Lipinski definition) is 8. The molecule has 2 heterocycles. The van der Waals surface area contributed by atoms with Crippen molar-refractivity contribution < 1.29 is 37.4 Å². The van der Waals surface area contributed by atoms with Crippen LogP contribution < -0.4 is 10.9 Å². The summed E-state index contributed by atoms with van der Waals surface area (Å²) in [7, 11) is -2.07. The molecule has 2 atom stereocenters. The van der Waals surface area contributed by atoms with Crippen LogP contribution in [0.25, 0.3) is 21.8 Å². The predicted octanol–water partition coefficient (Wildman–Crippen LogP) is 10.0. The van der Waals surface area contributed by atoms with Crippen LogP contribution in [0.4, 0.5) is 8.78 Å². The topological polar surface area (TPSA) is 126 Å². The summed E-state index contributed by atoms with van der Waals surface area (Å²) in [6.45, 7) is 26.7. The molecule has 15 heteroatoms. The predicted molar refractivity (Wildman–Crippen MR) is 241 cm³/mol. The Bertz CT molecular complexity index is 2250. The van der Waals surface area contributed by atoms with E-state index in [9.17, 15) is 33.1 Å². The van der Waals surface area contributed by atoms with Crippen molar-refractivity contribution in [3.63, 3.8) is 0 Å². The van der Waals surface area contributed by atoms with Crippen LogP contribution in [0.15, 0.2) is 46.2 Å². The fourth-order valence-electron chi connectivity index (χ4n) is 5.94. The number of rotatable bonds is 10. The molecule has 2 aromatic carbocycles. The van der Waals surface area contributed by atoms with Crippen LogP contribution in [-0.4, -0.2) is 60.9 Å². The Balaban J connectivity index is 0.000000315. The average molecular weight is 1040 g/mol. The Kier molecular flexibility index (Phi) is 15.9. The molecular formula is C42H56F2I2N2O8Si. The standard InChI is InChI=1S/C24H35FINO4Si.C18H21FINO4/c1-10-30-22(29)16-13-27(19-12-17(25)18(26)11-15(19)21(16)28)20(23(2,3)4)14-31-32(8,9)24(5,6)7;1-5-25-17(24)11-8-21(15(9-22)18(2,3)4)14-7-12(19)13(20)6-10(14)16(11)23/h11-13,20H,10,14H2,1-9H3;6-8,15,22H,5,9H2,1-4H3. The Morgan fingerprint density at radius 2 is 1.09 bits per heavy atom. The summed E-state index contributed by atoms with van der Waals surface area (Å²) in [5, 5.41) is 10.4. The van der Waals surface area contributed by atoms with Crippen molar-refractivity contribution in [2.75, 3.05) is 26.4 Å². The van der Waals surface area contributed by atoms with E-state index in [0.29, 0.717) is 26.6 Å². The Hall–Kier alpha value is -2.74. The van der Waals surface area contributed by atoms with Gasteiger partial charge in [-0.25, -0.2) is 18.4 Å². The molecule has 0 aliphatic rings. The highest BCUT2D eigenvalue weighted by atomic mass is 127. The average Bonchev–Trinajstić information content (AvgIpc) is 3.07. The molecule has 314 valence electrons. The van der Waals surface area contributed by atoms with E-state index in [1.165, 1.54) is 36.7 Å². The van der Waals surface area contributed by atoms with Crippen molar-refractivity contribution in [1.82, 2.24) is 9.13 Å². The third-order valence-corrected chi connectivity index (χ3v) is 16.5. The smallest absolute Gasteiger partial charge is 0.343 e. The first-order valence-electron chi connectivity index (χ1n) is 18.8. The molecule has 0 radical (unpaired) electrons. The van der Waals surface area contributed by atoms with Crippen molar-refractivity contribution in [3.8, 4) is 0 Å².